The van der Waals surface area contributed by atoms with Gasteiger partial charge in [-0.1, -0.05) is 6.07 Å². The maximum absolute atomic E-state index is 13.0. The van der Waals surface area contributed by atoms with Crippen LogP contribution < -0.4 is 15.0 Å². The first-order valence-corrected chi connectivity index (χ1v) is 10.8. The summed E-state index contributed by atoms with van der Waals surface area (Å²) in [5.74, 6) is -0.233. The highest BCUT2D eigenvalue weighted by atomic mass is 32.2. The summed E-state index contributed by atoms with van der Waals surface area (Å²) in [4.78, 5) is 13.4. The zero-order chi connectivity index (χ0) is 21.0. The zero-order valence-corrected chi connectivity index (χ0v) is 17.3. The van der Waals surface area contributed by atoms with Crippen LogP contribution in [0.4, 0.5) is 10.1 Å². The van der Waals surface area contributed by atoms with Crippen molar-refractivity contribution in [3.05, 3.63) is 53.8 Å². The van der Waals surface area contributed by atoms with E-state index in [-0.39, 0.29) is 23.2 Å². The van der Waals surface area contributed by atoms with Gasteiger partial charge in [0.05, 0.1) is 33.3 Å². The van der Waals surface area contributed by atoms with Crippen molar-refractivity contribution in [1.29, 1.82) is 0 Å². The van der Waals surface area contributed by atoms with E-state index in [0.29, 0.717) is 37.6 Å². The van der Waals surface area contributed by atoms with Crippen molar-refractivity contribution in [2.24, 2.45) is 0 Å². The minimum absolute atomic E-state index is 0.164. The van der Waals surface area contributed by atoms with Crippen LogP contribution in [0.3, 0.4) is 0 Å². The van der Waals surface area contributed by atoms with Gasteiger partial charge in [-0.2, -0.15) is 4.31 Å². The molecule has 1 fully saturated rings. The first-order chi connectivity index (χ1) is 13.8. The first-order valence-electron chi connectivity index (χ1n) is 9.33. The fourth-order valence-corrected chi connectivity index (χ4v) is 4.99. The van der Waals surface area contributed by atoms with Gasteiger partial charge >= 0.3 is 0 Å². The lowest BCUT2D eigenvalue weighted by Gasteiger charge is -2.31. The Balaban J connectivity index is 1.59. The van der Waals surface area contributed by atoms with Gasteiger partial charge in [0.1, 0.15) is 16.5 Å². The zero-order valence-electron chi connectivity index (χ0n) is 16.4. The Morgan fingerprint density at radius 3 is 2.45 bits per heavy atom. The molecule has 0 aliphatic carbocycles. The number of methoxy groups -OCH3 is 1. The van der Waals surface area contributed by atoms with Gasteiger partial charge in [-0.05, 0) is 48.9 Å². The molecule has 0 bridgehead atoms. The Hall–Kier alpha value is -2.49. The van der Waals surface area contributed by atoms with Crippen molar-refractivity contribution in [2.75, 3.05) is 45.2 Å². The largest absolute Gasteiger partial charge is 0.495 e. The average Bonchev–Trinajstić information content (AvgIpc) is 2.70. The minimum atomic E-state index is -3.67. The van der Waals surface area contributed by atoms with E-state index >= 15 is 0 Å². The lowest BCUT2D eigenvalue weighted by atomic mass is 10.2. The molecule has 0 radical (unpaired) electrons. The predicted octanol–water partition coefficient (Wildman–Crippen LogP) is 0.671. The summed E-state index contributed by atoms with van der Waals surface area (Å²) in [5.41, 5.74) is 1.37. The van der Waals surface area contributed by atoms with Gasteiger partial charge in [0.15, 0.2) is 6.54 Å². The molecule has 0 spiro atoms. The number of sulfonamides is 1. The maximum Gasteiger partial charge on any atom is 0.279 e. The highest BCUT2D eigenvalue weighted by Gasteiger charge is 2.33. The van der Waals surface area contributed by atoms with Crippen molar-refractivity contribution >= 4 is 21.6 Å². The number of nitrogens with one attached hydrogen (secondary N) is 2. The quantitative estimate of drug-likeness (QED) is 0.717. The molecule has 0 aromatic heterocycles. The van der Waals surface area contributed by atoms with E-state index in [2.05, 4.69) is 5.32 Å². The third-order valence-corrected chi connectivity index (χ3v) is 6.82. The Morgan fingerprint density at radius 1 is 1.17 bits per heavy atom. The highest BCUT2D eigenvalue weighted by Crippen LogP contribution is 2.27. The molecule has 9 heteroatoms. The molecule has 7 nitrogen and oxygen atoms in total. The van der Waals surface area contributed by atoms with Crippen LogP contribution in [0, 0.1) is 12.7 Å². The number of rotatable bonds is 6. The lowest BCUT2D eigenvalue weighted by Crippen LogP contribution is -3.15. The molecule has 3 rings (SSSR count). The molecule has 29 heavy (non-hydrogen) atoms. The normalized spacial score (nSPS) is 15.8. The fourth-order valence-electron chi connectivity index (χ4n) is 3.31. The first kappa shape index (κ1) is 21.2. The number of ether oxygens (including phenoxy) is 1. The van der Waals surface area contributed by atoms with Crippen LogP contribution in [-0.2, 0) is 14.8 Å². The van der Waals surface area contributed by atoms with Crippen LogP contribution in [-0.4, -0.2) is 58.5 Å². The Labute approximate surface area is 170 Å². The summed E-state index contributed by atoms with van der Waals surface area (Å²) in [6, 6.07) is 10.6. The van der Waals surface area contributed by atoms with E-state index in [0.717, 1.165) is 10.5 Å². The molecule has 1 amide bonds. The molecule has 0 unspecified atom stereocenters. The number of amides is 1. The highest BCUT2D eigenvalue weighted by molar-refractivity contribution is 7.89. The number of anilines is 1. The molecule has 156 valence electrons. The fraction of sp³-hybridized carbons (Fsp3) is 0.350. The monoisotopic (exact) mass is 422 g/mol. The lowest BCUT2D eigenvalue weighted by molar-refractivity contribution is -0.895. The van der Waals surface area contributed by atoms with Gasteiger partial charge in [-0.25, -0.2) is 12.8 Å². The smallest absolute Gasteiger partial charge is 0.279 e. The summed E-state index contributed by atoms with van der Waals surface area (Å²) in [7, 11) is -2.22. The summed E-state index contributed by atoms with van der Waals surface area (Å²) >= 11 is 0. The summed E-state index contributed by atoms with van der Waals surface area (Å²) in [5, 5.41) is 2.73. The van der Waals surface area contributed by atoms with E-state index in [1.165, 1.54) is 35.7 Å². The van der Waals surface area contributed by atoms with Gasteiger partial charge in [0.2, 0.25) is 10.0 Å². The standard InChI is InChI=1S/C20H24FN3O4S/c1-15-3-8-18(28-2)19(13-15)29(26,27)24-11-9-23(10-12-24)14-20(25)22-17-6-4-16(21)5-7-17/h3-8,13H,9-12,14H2,1-2H3,(H,22,25)/p+1. The second-order valence-corrected chi connectivity index (χ2v) is 8.95. The molecule has 1 saturated heterocycles. The molecule has 1 aliphatic heterocycles. The van der Waals surface area contributed by atoms with Crippen molar-refractivity contribution in [1.82, 2.24) is 4.31 Å². The van der Waals surface area contributed by atoms with Crippen LogP contribution in [0.5, 0.6) is 5.75 Å². The minimum Gasteiger partial charge on any atom is -0.495 e. The number of benzene rings is 2. The van der Waals surface area contributed by atoms with Crippen molar-refractivity contribution in [3.8, 4) is 5.75 Å². The Morgan fingerprint density at radius 2 is 1.83 bits per heavy atom. The van der Waals surface area contributed by atoms with Gasteiger partial charge in [-0.3, -0.25) is 4.79 Å². The van der Waals surface area contributed by atoms with Crippen LogP contribution >= 0.6 is 0 Å². The Bertz CT molecular complexity index is 972. The number of nitrogens with zero attached hydrogens (tertiary/aromatic N) is 1. The van der Waals surface area contributed by atoms with Crippen molar-refractivity contribution in [3.63, 3.8) is 0 Å². The molecule has 1 aliphatic rings. The van der Waals surface area contributed by atoms with E-state index in [1.54, 1.807) is 18.2 Å². The molecule has 0 atom stereocenters. The van der Waals surface area contributed by atoms with E-state index in [4.69, 9.17) is 4.74 Å². The van der Waals surface area contributed by atoms with Gasteiger partial charge in [-0.15, -0.1) is 0 Å². The second kappa shape index (κ2) is 8.89. The van der Waals surface area contributed by atoms with Gasteiger partial charge < -0.3 is 15.0 Å². The number of hydrogen-bond donors (Lipinski definition) is 2. The Kier molecular flexibility index (Phi) is 6.51. The molecule has 2 aromatic carbocycles. The number of carbonyl (C=O) groups excluding carboxylic acids is 1. The number of hydrogen-bond acceptors (Lipinski definition) is 4. The van der Waals surface area contributed by atoms with E-state index < -0.39 is 10.0 Å². The molecule has 1 heterocycles. The van der Waals surface area contributed by atoms with Crippen molar-refractivity contribution < 1.29 is 27.2 Å². The third kappa shape index (κ3) is 5.11. The number of halogens is 1. The van der Waals surface area contributed by atoms with E-state index in [9.17, 15) is 17.6 Å². The molecule has 0 saturated carbocycles. The van der Waals surface area contributed by atoms with E-state index in [1.807, 2.05) is 6.92 Å². The summed E-state index contributed by atoms with van der Waals surface area (Å²) in [6.45, 7) is 3.73. The van der Waals surface area contributed by atoms with Crippen molar-refractivity contribution in [2.45, 2.75) is 11.8 Å². The third-order valence-electron chi connectivity index (χ3n) is 4.91. The number of quaternary nitrogens is 1. The topological polar surface area (TPSA) is 80.2 Å². The molecular formula is C20H25FN3O4S+. The number of piperazine rings is 1. The SMILES string of the molecule is COc1ccc(C)cc1S(=O)(=O)N1CC[NH+](CC(=O)Nc2ccc(F)cc2)CC1. The average molecular weight is 423 g/mol. The summed E-state index contributed by atoms with van der Waals surface area (Å²) < 4.78 is 45.7. The van der Waals surface area contributed by atoms with Gasteiger partial charge in [0, 0.05) is 5.69 Å². The van der Waals surface area contributed by atoms with Crippen LogP contribution in [0.25, 0.3) is 0 Å². The van der Waals surface area contributed by atoms with Crippen LogP contribution in [0.15, 0.2) is 47.4 Å². The molecule has 2 N–H and O–H groups in total. The number of aryl methyl sites for hydroxylation is 1. The molecule has 2 aromatic rings. The predicted molar refractivity (Wildman–Crippen MR) is 107 cm³/mol. The van der Waals surface area contributed by atoms with Gasteiger partial charge in [0.25, 0.3) is 5.91 Å². The summed E-state index contributed by atoms with van der Waals surface area (Å²) in [6.07, 6.45) is 0. The number of carbonyl (C=O) groups is 1. The second-order valence-electron chi connectivity index (χ2n) is 7.04. The van der Waals surface area contributed by atoms with Crippen LogP contribution in [0.1, 0.15) is 5.56 Å². The molecular weight excluding hydrogens is 397 g/mol. The van der Waals surface area contributed by atoms with Crippen LogP contribution in [0.2, 0.25) is 0 Å². The maximum atomic E-state index is 13.0.